The molecule has 0 bridgehead atoms. The molecular formula is C15H19FN2O4S. The zero-order chi connectivity index (χ0) is 17.0. The summed E-state index contributed by atoms with van der Waals surface area (Å²) in [5.74, 6) is -0.614. The van der Waals surface area contributed by atoms with Gasteiger partial charge in [-0.05, 0) is 36.8 Å². The Morgan fingerprint density at radius 2 is 2.13 bits per heavy atom. The van der Waals surface area contributed by atoms with Crippen molar-refractivity contribution in [1.82, 2.24) is 9.29 Å². The first-order chi connectivity index (χ1) is 10.8. The normalized spacial score (nSPS) is 13.0. The Morgan fingerprint density at radius 3 is 2.74 bits per heavy atom. The minimum Gasteiger partial charge on any atom is -0.495 e. The Morgan fingerprint density at radius 1 is 1.39 bits per heavy atom. The molecule has 6 nitrogen and oxygen atoms in total. The maximum Gasteiger partial charge on any atom is 0.244 e. The number of aryl methyl sites for hydroxylation is 1. The first-order valence-corrected chi connectivity index (χ1v) is 8.46. The Labute approximate surface area is 134 Å². The molecule has 0 unspecified atom stereocenters. The molecular weight excluding hydrogens is 323 g/mol. The van der Waals surface area contributed by atoms with Crippen LogP contribution in [0.4, 0.5) is 4.39 Å². The predicted molar refractivity (Wildman–Crippen MR) is 83.1 cm³/mol. The first kappa shape index (κ1) is 17.5. The fraction of sp³-hybridized carbons (Fsp3) is 0.333. The van der Waals surface area contributed by atoms with E-state index in [1.54, 1.807) is 29.9 Å². The van der Waals surface area contributed by atoms with E-state index >= 15 is 0 Å². The van der Waals surface area contributed by atoms with Crippen molar-refractivity contribution < 1.29 is 22.7 Å². The van der Waals surface area contributed by atoms with Gasteiger partial charge in [0.05, 0.1) is 13.2 Å². The van der Waals surface area contributed by atoms with Crippen molar-refractivity contribution in [3.05, 3.63) is 48.0 Å². The molecule has 0 spiro atoms. The molecule has 8 heteroatoms. The molecule has 1 atom stereocenters. The van der Waals surface area contributed by atoms with E-state index in [1.807, 2.05) is 0 Å². The molecule has 0 saturated carbocycles. The van der Waals surface area contributed by atoms with Gasteiger partial charge >= 0.3 is 0 Å². The minimum atomic E-state index is -3.93. The topological polar surface area (TPSA) is 80.6 Å². The van der Waals surface area contributed by atoms with Crippen molar-refractivity contribution in [2.75, 3.05) is 13.7 Å². The van der Waals surface area contributed by atoms with E-state index in [0.29, 0.717) is 5.69 Å². The average Bonchev–Trinajstić information content (AvgIpc) is 2.93. The molecule has 1 aromatic heterocycles. The maximum absolute atomic E-state index is 13.3. The molecule has 0 aliphatic rings. The molecule has 2 N–H and O–H groups in total. The van der Waals surface area contributed by atoms with Gasteiger partial charge in [0.1, 0.15) is 16.5 Å². The van der Waals surface area contributed by atoms with Crippen LogP contribution in [0.2, 0.25) is 0 Å². The number of aliphatic hydroxyl groups is 1. The number of halogens is 1. The van der Waals surface area contributed by atoms with Gasteiger partial charge < -0.3 is 14.4 Å². The van der Waals surface area contributed by atoms with Crippen LogP contribution in [0.5, 0.6) is 5.75 Å². The minimum absolute atomic E-state index is 0.00828. The fourth-order valence-electron chi connectivity index (χ4n) is 2.24. The molecule has 0 radical (unpaired) electrons. The number of hydrogen-bond acceptors (Lipinski definition) is 4. The number of nitrogens with zero attached hydrogens (tertiary/aromatic N) is 1. The lowest BCUT2D eigenvalue weighted by atomic mass is 10.2. The Hall–Kier alpha value is -1.90. The van der Waals surface area contributed by atoms with E-state index in [-0.39, 0.29) is 23.6 Å². The number of aromatic nitrogens is 1. The van der Waals surface area contributed by atoms with Crippen molar-refractivity contribution in [1.29, 1.82) is 0 Å². The highest BCUT2D eigenvalue weighted by atomic mass is 32.2. The quantitative estimate of drug-likeness (QED) is 0.800. The Bertz CT molecular complexity index is 774. The highest BCUT2D eigenvalue weighted by molar-refractivity contribution is 7.89. The molecule has 0 aliphatic carbocycles. The Kier molecular flexibility index (Phi) is 5.40. The lowest BCUT2D eigenvalue weighted by molar-refractivity contribution is 0.161. The zero-order valence-corrected chi connectivity index (χ0v) is 13.7. The van der Waals surface area contributed by atoms with Gasteiger partial charge in [0.2, 0.25) is 10.0 Å². The van der Waals surface area contributed by atoms with E-state index in [2.05, 4.69) is 4.72 Å². The van der Waals surface area contributed by atoms with Gasteiger partial charge in [-0.25, -0.2) is 17.5 Å². The standard InChI is InChI=1S/C15H19FN2O4S/c1-18-9-3-4-12(18)13(19)7-8-17-23(20,21)15-10-11(16)5-6-14(15)22-2/h3-6,9-10,13,17,19H,7-8H2,1-2H3/t13-/m0/s1. The molecule has 2 rings (SSSR count). The van der Waals surface area contributed by atoms with Gasteiger partial charge in [-0.2, -0.15) is 0 Å². The lowest BCUT2D eigenvalue weighted by Gasteiger charge is -2.14. The SMILES string of the molecule is COc1ccc(F)cc1S(=O)(=O)NCC[C@H](O)c1cccn1C. The highest BCUT2D eigenvalue weighted by Gasteiger charge is 2.21. The predicted octanol–water partition coefficient (Wildman–Crippen LogP) is 1.57. The summed E-state index contributed by atoms with van der Waals surface area (Å²) < 4.78 is 46.9. The van der Waals surface area contributed by atoms with E-state index in [0.717, 1.165) is 12.1 Å². The van der Waals surface area contributed by atoms with E-state index < -0.39 is 21.9 Å². The third-order valence-corrected chi connectivity index (χ3v) is 4.93. The highest BCUT2D eigenvalue weighted by Crippen LogP contribution is 2.24. The van der Waals surface area contributed by atoms with Crippen LogP contribution in [0.1, 0.15) is 18.2 Å². The van der Waals surface area contributed by atoms with Crippen LogP contribution >= 0.6 is 0 Å². The van der Waals surface area contributed by atoms with Crippen LogP contribution in [-0.2, 0) is 17.1 Å². The largest absolute Gasteiger partial charge is 0.495 e. The van der Waals surface area contributed by atoms with Crippen LogP contribution in [0.15, 0.2) is 41.4 Å². The third-order valence-electron chi connectivity index (χ3n) is 3.45. The van der Waals surface area contributed by atoms with Crippen LogP contribution < -0.4 is 9.46 Å². The summed E-state index contributed by atoms with van der Waals surface area (Å²) in [7, 11) is -0.830. The maximum atomic E-state index is 13.3. The summed E-state index contributed by atoms with van der Waals surface area (Å²) >= 11 is 0. The third kappa shape index (κ3) is 4.10. The smallest absolute Gasteiger partial charge is 0.244 e. The number of methoxy groups -OCH3 is 1. The Balaban J connectivity index is 2.05. The van der Waals surface area contributed by atoms with Crippen LogP contribution in [0.3, 0.4) is 0 Å². The number of ether oxygens (including phenoxy) is 1. The van der Waals surface area contributed by atoms with Crippen molar-refractivity contribution in [2.45, 2.75) is 17.4 Å². The second kappa shape index (κ2) is 7.12. The number of rotatable bonds is 7. The van der Waals surface area contributed by atoms with Gasteiger partial charge in [-0.1, -0.05) is 0 Å². The molecule has 23 heavy (non-hydrogen) atoms. The van der Waals surface area contributed by atoms with E-state index in [4.69, 9.17) is 4.74 Å². The van der Waals surface area contributed by atoms with Crippen LogP contribution in [0.25, 0.3) is 0 Å². The van der Waals surface area contributed by atoms with Crippen LogP contribution in [-0.4, -0.2) is 31.7 Å². The summed E-state index contributed by atoms with van der Waals surface area (Å²) in [4.78, 5) is -0.270. The number of benzene rings is 1. The fourth-order valence-corrected chi connectivity index (χ4v) is 3.46. The van der Waals surface area contributed by atoms with Gasteiger partial charge in [-0.15, -0.1) is 0 Å². The molecule has 0 saturated heterocycles. The van der Waals surface area contributed by atoms with Crippen LogP contribution in [0, 0.1) is 5.82 Å². The van der Waals surface area contributed by atoms with Crippen molar-refractivity contribution >= 4 is 10.0 Å². The van der Waals surface area contributed by atoms with Gasteiger partial charge in [0.25, 0.3) is 0 Å². The zero-order valence-electron chi connectivity index (χ0n) is 12.9. The summed E-state index contributed by atoms with van der Waals surface area (Å²) in [6.07, 6.45) is 1.18. The van der Waals surface area contributed by atoms with Gasteiger partial charge in [0.15, 0.2) is 0 Å². The number of nitrogens with one attached hydrogen (secondary N) is 1. The number of sulfonamides is 1. The molecule has 126 valence electrons. The van der Waals surface area contributed by atoms with E-state index in [9.17, 15) is 17.9 Å². The summed E-state index contributed by atoms with van der Waals surface area (Å²) in [5, 5.41) is 10.1. The monoisotopic (exact) mass is 342 g/mol. The number of hydrogen-bond donors (Lipinski definition) is 2. The lowest BCUT2D eigenvalue weighted by Crippen LogP contribution is -2.26. The number of aliphatic hydroxyl groups excluding tert-OH is 1. The second-order valence-electron chi connectivity index (χ2n) is 5.04. The summed E-state index contributed by atoms with van der Waals surface area (Å²) in [5.41, 5.74) is 0.688. The molecule has 0 aliphatic heterocycles. The van der Waals surface area contributed by atoms with Crippen molar-refractivity contribution in [3.8, 4) is 5.75 Å². The molecule has 1 heterocycles. The summed E-state index contributed by atoms with van der Waals surface area (Å²) in [6.45, 7) is 0.00828. The van der Waals surface area contributed by atoms with Gasteiger partial charge in [-0.3, -0.25) is 0 Å². The van der Waals surface area contributed by atoms with E-state index in [1.165, 1.54) is 13.2 Å². The molecule has 0 fully saturated rings. The van der Waals surface area contributed by atoms with Crippen molar-refractivity contribution in [2.24, 2.45) is 7.05 Å². The molecule has 0 amide bonds. The van der Waals surface area contributed by atoms with Crippen molar-refractivity contribution in [3.63, 3.8) is 0 Å². The molecule has 1 aromatic carbocycles. The average molecular weight is 342 g/mol. The molecule has 2 aromatic rings. The summed E-state index contributed by atoms with van der Waals surface area (Å²) in [6, 6.07) is 6.82. The second-order valence-corrected chi connectivity index (χ2v) is 6.78. The first-order valence-electron chi connectivity index (χ1n) is 6.97. The van der Waals surface area contributed by atoms with Gasteiger partial charge in [0, 0.05) is 25.5 Å².